The number of amides is 1. The molecule has 1 fully saturated rings. The van der Waals surface area contributed by atoms with E-state index in [0.717, 1.165) is 29.7 Å². The molecule has 1 aromatic carbocycles. The van der Waals surface area contributed by atoms with E-state index in [9.17, 15) is 13.6 Å². The van der Waals surface area contributed by atoms with Crippen LogP contribution in [-0.2, 0) is 4.74 Å². The molecule has 4 rings (SSSR count). The molecule has 1 aliphatic heterocycles. The van der Waals surface area contributed by atoms with Crippen molar-refractivity contribution in [3.05, 3.63) is 53.4 Å². The molecule has 1 saturated heterocycles. The molecular weight excluding hydrogens is 400 g/mol. The number of hydrogen-bond donors (Lipinski definition) is 0. The summed E-state index contributed by atoms with van der Waals surface area (Å²) in [5, 5.41) is 4.30. The summed E-state index contributed by atoms with van der Waals surface area (Å²) in [6.45, 7) is 8.74. The lowest BCUT2D eigenvalue weighted by atomic mass is 9.64. The minimum Gasteiger partial charge on any atom is -0.444 e. The predicted molar refractivity (Wildman–Crippen MR) is 115 cm³/mol. The fourth-order valence-electron chi connectivity index (χ4n) is 4.48. The van der Waals surface area contributed by atoms with Gasteiger partial charge in [-0.3, -0.25) is 0 Å². The molecular formula is C24H29F2N3O2. The van der Waals surface area contributed by atoms with Gasteiger partial charge in [-0.1, -0.05) is 24.3 Å². The van der Waals surface area contributed by atoms with Crippen LogP contribution in [0, 0.1) is 12.3 Å². The molecule has 166 valence electrons. The van der Waals surface area contributed by atoms with Crippen molar-refractivity contribution in [1.29, 1.82) is 0 Å². The Labute approximate surface area is 181 Å². The summed E-state index contributed by atoms with van der Waals surface area (Å²) in [5.41, 5.74) is 2.60. The van der Waals surface area contributed by atoms with Gasteiger partial charge in [0.15, 0.2) is 0 Å². The summed E-state index contributed by atoms with van der Waals surface area (Å²) in [7, 11) is 0. The van der Waals surface area contributed by atoms with Crippen LogP contribution in [0.5, 0.6) is 0 Å². The van der Waals surface area contributed by atoms with Gasteiger partial charge < -0.3 is 9.64 Å². The molecule has 0 bridgehead atoms. The van der Waals surface area contributed by atoms with Crippen molar-refractivity contribution in [1.82, 2.24) is 14.7 Å². The molecule has 1 amide bonds. The molecule has 2 aliphatic rings. The number of allylic oxidation sites excluding steroid dienone is 2. The smallest absolute Gasteiger partial charge is 0.410 e. The van der Waals surface area contributed by atoms with E-state index in [1.165, 1.54) is 6.20 Å². The standard InChI is InChI=1S/C24H29F2N3O2/c1-16-7-5-6-8-19(16)29-20(18(15-27-29)21(25)26)17-13-24(14-17)9-11-28(12-10-24)22(30)31-23(2,3)4/h5-8,13,15,21H,9-12,14H2,1-4H3. The second-order valence-electron chi connectivity index (χ2n) is 9.62. The highest BCUT2D eigenvalue weighted by atomic mass is 19.3. The van der Waals surface area contributed by atoms with Crippen LogP contribution in [0.4, 0.5) is 13.6 Å². The maximum atomic E-state index is 13.7. The van der Waals surface area contributed by atoms with Gasteiger partial charge in [-0.25, -0.2) is 18.3 Å². The second-order valence-corrected chi connectivity index (χ2v) is 9.62. The minimum absolute atomic E-state index is 0.0319. The molecule has 1 aromatic heterocycles. The van der Waals surface area contributed by atoms with Crippen molar-refractivity contribution >= 4 is 11.7 Å². The van der Waals surface area contributed by atoms with Gasteiger partial charge in [0.25, 0.3) is 6.43 Å². The Hall–Kier alpha value is -2.70. The molecule has 2 aromatic rings. The number of carbonyl (C=O) groups is 1. The topological polar surface area (TPSA) is 47.4 Å². The highest BCUT2D eigenvalue weighted by molar-refractivity contribution is 5.74. The third-order valence-corrected chi connectivity index (χ3v) is 6.11. The molecule has 0 unspecified atom stereocenters. The van der Waals surface area contributed by atoms with Gasteiger partial charge in [0.1, 0.15) is 5.60 Å². The number of nitrogens with zero attached hydrogens (tertiary/aromatic N) is 3. The number of likely N-dealkylation sites (tertiary alicyclic amines) is 1. The lowest BCUT2D eigenvalue weighted by Gasteiger charge is -2.46. The SMILES string of the molecule is Cc1ccccc1-n1ncc(C(F)F)c1C1=CC2(CCN(C(=O)OC(C)(C)C)CC2)C1. The molecule has 0 radical (unpaired) electrons. The quantitative estimate of drug-likeness (QED) is 0.608. The number of benzene rings is 1. The van der Waals surface area contributed by atoms with Crippen LogP contribution >= 0.6 is 0 Å². The van der Waals surface area contributed by atoms with E-state index in [-0.39, 0.29) is 17.1 Å². The zero-order chi connectivity index (χ0) is 22.4. The van der Waals surface area contributed by atoms with E-state index in [0.29, 0.717) is 25.2 Å². The number of ether oxygens (including phenoxy) is 1. The summed E-state index contributed by atoms with van der Waals surface area (Å²) in [6.07, 6.45) is 2.85. The third kappa shape index (κ3) is 4.23. The van der Waals surface area contributed by atoms with Crippen molar-refractivity contribution in [2.45, 2.75) is 59.0 Å². The first-order chi connectivity index (χ1) is 14.6. The van der Waals surface area contributed by atoms with Crippen molar-refractivity contribution in [2.75, 3.05) is 13.1 Å². The van der Waals surface area contributed by atoms with Gasteiger partial charge in [-0.2, -0.15) is 5.10 Å². The summed E-state index contributed by atoms with van der Waals surface area (Å²) in [5.74, 6) is 0. The van der Waals surface area contributed by atoms with E-state index in [1.807, 2.05) is 52.0 Å². The first-order valence-corrected chi connectivity index (χ1v) is 10.7. The zero-order valence-corrected chi connectivity index (χ0v) is 18.5. The Kier molecular flexibility index (Phi) is 5.40. The molecule has 1 spiro atoms. The summed E-state index contributed by atoms with van der Waals surface area (Å²) in [4.78, 5) is 14.1. The number of para-hydroxylation sites is 1. The molecule has 0 saturated carbocycles. The maximum absolute atomic E-state index is 13.7. The predicted octanol–water partition coefficient (Wildman–Crippen LogP) is 5.92. The summed E-state index contributed by atoms with van der Waals surface area (Å²) in [6, 6.07) is 7.66. The van der Waals surface area contributed by atoms with Crippen LogP contribution in [0.1, 0.15) is 63.3 Å². The molecule has 0 atom stereocenters. The fraction of sp³-hybridized carbons (Fsp3) is 0.500. The number of alkyl halides is 2. The number of hydrogen-bond acceptors (Lipinski definition) is 3. The van der Waals surface area contributed by atoms with Gasteiger partial charge in [0, 0.05) is 13.1 Å². The molecule has 2 heterocycles. The monoisotopic (exact) mass is 429 g/mol. The van der Waals surface area contributed by atoms with Gasteiger partial charge in [-0.15, -0.1) is 0 Å². The zero-order valence-electron chi connectivity index (χ0n) is 18.5. The Morgan fingerprint density at radius 2 is 1.84 bits per heavy atom. The lowest BCUT2D eigenvalue weighted by Crippen LogP contribution is -2.46. The summed E-state index contributed by atoms with van der Waals surface area (Å²) >= 11 is 0. The Balaban J connectivity index is 1.55. The first-order valence-electron chi connectivity index (χ1n) is 10.7. The number of halogens is 2. The average Bonchev–Trinajstić information content (AvgIpc) is 3.10. The first kappa shape index (κ1) is 21.5. The van der Waals surface area contributed by atoms with Crippen molar-refractivity contribution in [2.24, 2.45) is 5.41 Å². The van der Waals surface area contributed by atoms with E-state index in [4.69, 9.17) is 4.74 Å². The van der Waals surface area contributed by atoms with Crippen LogP contribution in [-0.4, -0.2) is 39.5 Å². The number of aromatic nitrogens is 2. The Morgan fingerprint density at radius 3 is 2.42 bits per heavy atom. The van der Waals surface area contributed by atoms with Crippen LogP contribution in [0.3, 0.4) is 0 Å². The molecule has 1 aliphatic carbocycles. The second kappa shape index (κ2) is 7.77. The van der Waals surface area contributed by atoms with Gasteiger partial charge >= 0.3 is 6.09 Å². The molecule has 7 heteroatoms. The Morgan fingerprint density at radius 1 is 1.19 bits per heavy atom. The van der Waals surface area contributed by atoms with Crippen molar-refractivity contribution in [3.8, 4) is 5.69 Å². The van der Waals surface area contributed by atoms with Crippen molar-refractivity contribution in [3.63, 3.8) is 0 Å². The minimum atomic E-state index is -2.58. The average molecular weight is 430 g/mol. The number of rotatable bonds is 3. The number of aryl methyl sites for hydroxylation is 1. The highest BCUT2D eigenvalue weighted by Crippen LogP contribution is 2.52. The Bertz CT molecular complexity index is 1010. The third-order valence-electron chi connectivity index (χ3n) is 6.11. The van der Waals surface area contributed by atoms with Crippen LogP contribution in [0.2, 0.25) is 0 Å². The van der Waals surface area contributed by atoms with Gasteiger partial charge in [-0.05, 0) is 69.6 Å². The van der Waals surface area contributed by atoms with E-state index < -0.39 is 12.0 Å². The maximum Gasteiger partial charge on any atom is 0.410 e. The van der Waals surface area contributed by atoms with Crippen molar-refractivity contribution < 1.29 is 18.3 Å². The van der Waals surface area contributed by atoms with E-state index in [2.05, 4.69) is 11.2 Å². The highest BCUT2D eigenvalue weighted by Gasteiger charge is 2.43. The summed E-state index contributed by atoms with van der Waals surface area (Å²) < 4.78 is 34.6. The molecule has 0 N–H and O–H groups in total. The van der Waals surface area contributed by atoms with Crippen LogP contribution in [0.15, 0.2) is 36.5 Å². The van der Waals surface area contributed by atoms with Crippen LogP contribution < -0.4 is 0 Å². The van der Waals surface area contributed by atoms with E-state index in [1.54, 1.807) is 9.58 Å². The van der Waals surface area contributed by atoms with Gasteiger partial charge in [0.05, 0.1) is 23.1 Å². The number of carbonyl (C=O) groups excluding carboxylic acids is 1. The fourth-order valence-corrected chi connectivity index (χ4v) is 4.48. The van der Waals surface area contributed by atoms with Crippen LogP contribution in [0.25, 0.3) is 11.3 Å². The van der Waals surface area contributed by atoms with E-state index >= 15 is 0 Å². The molecule has 5 nitrogen and oxygen atoms in total. The largest absolute Gasteiger partial charge is 0.444 e. The number of piperidine rings is 1. The van der Waals surface area contributed by atoms with Gasteiger partial charge in [0.2, 0.25) is 0 Å². The molecule has 31 heavy (non-hydrogen) atoms. The normalized spacial score (nSPS) is 18.2. The lowest BCUT2D eigenvalue weighted by molar-refractivity contribution is 0.0137.